The van der Waals surface area contributed by atoms with Gasteiger partial charge in [0.25, 0.3) is 5.91 Å². The van der Waals surface area contributed by atoms with E-state index in [2.05, 4.69) is 6.92 Å². The summed E-state index contributed by atoms with van der Waals surface area (Å²) in [5.41, 5.74) is 6.90. The number of hydrogen-bond acceptors (Lipinski definition) is 3. The number of carbonyl (C=O) groups excluding carboxylic acids is 1. The maximum Gasteiger partial charge on any atom is 0.257 e. The standard InChI is InChI=1S/C14H20N2O2/c1-3-10-7-8-16(9-10)14(17)11-5-4-6-12(15)13(11)18-2/h4-6,10H,3,7-9,15H2,1-2H3. The molecule has 0 radical (unpaired) electrons. The summed E-state index contributed by atoms with van der Waals surface area (Å²) in [6.07, 6.45) is 2.21. The number of carbonyl (C=O) groups is 1. The van der Waals surface area contributed by atoms with Crippen molar-refractivity contribution in [1.82, 2.24) is 4.90 Å². The lowest BCUT2D eigenvalue weighted by atomic mass is 10.1. The topological polar surface area (TPSA) is 55.6 Å². The van der Waals surface area contributed by atoms with Crippen molar-refractivity contribution in [2.75, 3.05) is 25.9 Å². The van der Waals surface area contributed by atoms with Gasteiger partial charge in [-0.3, -0.25) is 4.79 Å². The van der Waals surface area contributed by atoms with Crippen LogP contribution < -0.4 is 10.5 Å². The van der Waals surface area contributed by atoms with Gasteiger partial charge < -0.3 is 15.4 Å². The minimum absolute atomic E-state index is 0.0232. The molecular formula is C14H20N2O2. The molecule has 2 N–H and O–H groups in total. The molecular weight excluding hydrogens is 228 g/mol. The molecule has 4 heteroatoms. The van der Waals surface area contributed by atoms with Crippen LogP contribution in [0, 0.1) is 5.92 Å². The third-order valence-electron chi connectivity index (χ3n) is 3.63. The Morgan fingerprint density at radius 2 is 2.33 bits per heavy atom. The lowest BCUT2D eigenvalue weighted by Crippen LogP contribution is -2.29. The second kappa shape index (κ2) is 5.29. The molecule has 1 aromatic rings. The highest BCUT2D eigenvalue weighted by Crippen LogP contribution is 2.29. The number of likely N-dealkylation sites (tertiary alicyclic amines) is 1. The van der Waals surface area contributed by atoms with E-state index >= 15 is 0 Å². The predicted molar refractivity (Wildman–Crippen MR) is 71.7 cm³/mol. The molecule has 1 aromatic carbocycles. The molecule has 98 valence electrons. The highest BCUT2D eigenvalue weighted by molar-refractivity contribution is 5.98. The van der Waals surface area contributed by atoms with Crippen molar-refractivity contribution in [3.63, 3.8) is 0 Å². The van der Waals surface area contributed by atoms with Crippen LogP contribution in [0.1, 0.15) is 30.1 Å². The Hall–Kier alpha value is -1.71. The number of methoxy groups -OCH3 is 1. The van der Waals surface area contributed by atoms with E-state index in [9.17, 15) is 4.79 Å². The molecule has 2 rings (SSSR count). The Bertz CT molecular complexity index is 445. The summed E-state index contributed by atoms with van der Waals surface area (Å²) < 4.78 is 5.24. The fourth-order valence-electron chi connectivity index (χ4n) is 2.47. The van der Waals surface area contributed by atoms with E-state index in [-0.39, 0.29) is 5.91 Å². The first kappa shape index (κ1) is 12.7. The van der Waals surface area contributed by atoms with Crippen molar-refractivity contribution in [1.29, 1.82) is 0 Å². The van der Waals surface area contributed by atoms with Gasteiger partial charge in [0.15, 0.2) is 5.75 Å². The number of para-hydroxylation sites is 1. The Balaban J connectivity index is 2.22. The van der Waals surface area contributed by atoms with Crippen LogP contribution in [0.5, 0.6) is 5.75 Å². The van der Waals surface area contributed by atoms with Gasteiger partial charge in [-0.25, -0.2) is 0 Å². The van der Waals surface area contributed by atoms with Crippen molar-refractivity contribution in [3.05, 3.63) is 23.8 Å². The molecule has 1 fully saturated rings. The van der Waals surface area contributed by atoms with Gasteiger partial charge in [-0.1, -0.05) is 19.4 Å². The van der Waals surface area contributed by atoms with Crippen molar-refractivity contribution < 1.29 is 9.53 Å². The van der Waals surface area contributed by atoms with Gasteiger partial charge in [-0.05, 0) is 24.5 Å². The van der Waals surface area contributed by atoms with Crippen molar-refractivity contribution in [2.45, 2.75) is 19.8 Å². The van der Waals surface area contributed by atoms with Crippen LogP contribution in [0.25, 0.3) is 0 Å². The van der Waals surface area contributed by atoms with E-state index in [1.165, 1.54) is 0 Å². The van der Waals surface area contributed by atoms with Gasteiger partial charge >= 0.3 is 0 Å². The Labute approximate surface area is 108 Å². The van der Waals surface area contributed by atoms with Gasteiger partial charge in [-0.2, -0.15) is 0 Å². The number of rotatable bonds is 3. The average molecular weight is 248 g/mol. The van der Waals surface area contributed by atoms with E-state index in [4.69, 9.17) is 10.5 Å². The van der Waals surface area contributed by atoms with Gasteiger partial charge in [0.1, 0.15) is 0 Å². The van der Waals surface area contributed by atoms with Crippen molar-refractivity contribution in [2.24, 2.45) is 5.92 Å². The van der Waals surface area contributed by atoms with E-state index in [1.54, 1.807) is 25.3 Å². The molecule has 1 saturated heterocycles. The number of nitrogen functional groups attached to an aromatic ring is 1. The summed E-state index contributed by atoms with van der Waals surface area (Å²) in [6, 6.07) is 5.31. The van der Waals surface area contributed by atoms with E-state index in [0.717, 1.165) is 25.9 Å². The number of nitrogens with two attached hydrogens (primary N) is 1. The molecule has 1 heterocycles. The minimum atomic E-state index is 0.0232. The van der Waals surface area contributed by atoms with Crippen LogP contribution in [0.15, 0.2) is 18.2 Å². The normalized spacial score (nSPS) is 19.0. The van der Waals surface area contributed by atoms with E-state index < -0.39 is 0 Å². The number of nitrogens with zero attached hydrogens (tertiary/aromatic N) is 1. The first-order valence-corrected chi connectivity index (χ1v) is 6.39. The van der Waals surface area contributed by atoms with Gasteiger partial charge in [0.2, 0.25) is 0 Å². The molecule has 4 nitrogen and oxygen atoms in total. The second-order valence-corrected chi connectivity index (χ2v) is 4.74. The Morgan fingerprint density at radius 1 is 1.56 bits per heavy atom. The van der Waals surface area contributed by atoms with Crippen molar-refractivity contribution >= 4 is 11.6 Å². The fraction of sp³-hybridized carbons (Fsp3) is 0.500. The van der Waals surface area contributed by atoms with Gasteiger partial charge in [-0.15, -0.1) is 0 Å². The second-order valence-electron chi connectivity index (χ2n) is 4.74. The number of hydrogen-bond donors (Lipinski definition) is 1. The van der Waals surface area contributed by atoms with Gasteiger partial charge in [0, 0.05) is 13.1 Å². The third-order valence-corrected chi connectivity index (χ3v) is 3.63. The van der Waals surface area contributed by atoms with Crippen LogP contribution in [0.4, 0.5) is 5.69 Å². The highest BCUT2D eigenvalue weighted by Gasteiger charge is 2.27. The summed E-state index contributed by atoms with van der Waals surface area (Å²) in [6.45, 7) is 3.84. The highest BCUT2D eigenvalue weighted by atomic mass is 16.5. The van der Waals surface area contributed by atoms with E-state index in [1.807, 2.05) is 4.90 Å². The van der Waals surface area contributed by atoms with Crippen LogP contribution in [0.3, 0.4) is 0 Å². The summed E-state index contributed by atoms with van der Waals surface area (Å²) >= 11 is 0. The number of anilines is 1. The molecule has 0 bridgehead atoms. The van der Waals surface area contributed by atoms with Crippen LogP contribution in [-0.2, 0) is 0 Å². The number of ether oxygens (including phenoxy) is 1. The first-order valence-electron chi connectivity index (χ1n) is 6.39. The Morgan fingerprint density at radius 3 is 2.94 bits per heavy atom. The smallest absolute Gasteiger partial charge is 0.257 e. The molecule has 0 aromatic heterocycles. The minimum Gasteiger partial charge on any atom is -0.494 e. The Kier molecular flexibility index (Phi) is 3.75. The SMILES string of the molecule is CCC1CCN(C(=O)c2cccc(N)c2OC)C1. The fourth-order valence-corrected chi connectivity index (χ4v) is 2.47. The molecule has 0 spiro atoms. The lowest BCUT2D eigenvalue weighted by Gasteiger charge is -2.18. The lowest BCUT2D eigenvalue weighted by molar-refractivity contribution is 0.0783. The zero-order valence-corrected chi connectivity index (χ0v) is 11.0. The van der Waals surface area contributed by atoms with Crippen LogP contribution in [0.2, 0.25) is 0 Å². The monoisotopic (exact) mass is 248 g/mol. The third kappa shape index (κ3) is 2.28. The molecule has 1 atom stereocenters. The van der Waals surface area contributed by atoms with Crippen LogP contribution >= 0.6 is 0 Å². The zero-order valence-electron chi connectivity index (χ0n) is 11.0. The summed E-state index contributed by atoms with van der Waals surface area (Å²) in [5, 5.41) is 0. The molecule has 1 unspecified atom stereocenters. The summed E-state index contributed by atoms with van der Waals surface area (Å²) in [5.74, 6) is 1.14. The molecule has 1 amide bonds. The van der Waals surface area contributed by atoms with Gasteiger partial charge in [0.05, 0.1) is 18.4 Å². The van der Waals surface area contributed by atoms with E-state index in [0.29, 0.717) is 22.9 Å². The largest absolute Gasteiger partial charge is 0.494 e. The molecule has 0 saturated carbocycles. The van der Waals surface area contributed by atoms with Crippen molar-refractivity contribution in [3.8, 4) is 5.75 Å². The molecule has 18 heavy (non-hydrogen) atoms. The summed E-state index contributed by atoms with van der Waals surface area (Å²) in [7, 11) is 1.54. The van der Waals surface area contributed by atoms with Crippen LogP contribution in [-0.4, -0.2) is 31.0 Å². The first-order chi connectivity index (χ1) is 8.67. The summed E-state index contributed by atoms with van der Waals surface area (Å²) in [4.78, 5) is 14.3. The molecule has 1 aliphatic rings. The number of benzene rings is 1. The zero-order chi connectivity index (χ0) is 13.1. The predicted octanol–water partition coefficient (Wildman–Crippen LogP) is 2.15. The molecule has 1 aliphatic heterocycles. The molecule has 0 aliphatic carbocycles. The average Bonchev–Trinajstić information content (AvgIpc) is 2.86. The maximum atomic E-state index is 12.4. The number of amides is 1. The quantitative estimate of drug-likeness (QED) is 0.834. The maximum absolute atomic E-state index is 12.4.